The Morgan fingerprint density at radius 2 is 1.94 bits per heavy atom. The Kier molecular flexibility index (Phi) is 6.84. The van der Waals surface area contributed by atoms with Gasteiger partial charge in [0.2, 0.25) is 0 Å². The first-order valence-corrected chi connectivity index (χ1v) is 7.48. The van der Waals surface area contributed by atoms with Crippen LogP contribution in [0.1, 0.15) is 72.1 Å². The first-order valence-electron chi connectivity index (χ1n) is 7.48. The Morgan fingerprint density at radius 3 is 2.56 bits per heavy atom. The van der Waals surface area contributed by atoms with Crippen LogP contribution in [0.15, 0.2) is 12.2 Å². The molecule has 3 unspecified atom stereocenters. The van der Waals surface area contributed by atoms with Crippen molar-refractivity contribution in [1.29, 1.82) is 0 Å². The summed E-state index contributed by atoms with van der Waals surface area (Å²) in [6.45, 7) is 6.95. The van der Waals surface area contributed by atoms with Gasteiger partial charge in [-0.25, -0.2) is 0 Å². The highest BCUT2D eigenvalue weighted by atomic mass is 14.4. The van der Waals surface area contributed by atoms with E-state index in [-0.39, 0.29) is 0 Å². The predicted octanol–water partition coefficient (Wildman–Crippen LogP) is 5.59. The lowest BCUT2D eigenvalue weighted by molar-refractivity contribution is 0.243. The third kappa shape index (κ3) is 3.96. The van der Waals surface area contributed by atoms with E-state index in [2.05, 4.69) is 32.9 Å². The molecule has 1 fully saturated rings. The second-order valence-electron chi connectivity index (χ2n) is 5.43. The van der Waals surface area contributed by atoms with Crippen LogP contribution in [0, 0.1) is 17.8 Å². The highest BCUT2D eigenvalue weighted by Crippen LogP contribution is 2.42. The molecule has 0 aromatic rings. The van der Waals surface area contributed by atoms with Crippen LogP contribution in [0.4, 0.5) is 0 Å². The van der Waals surface area contributed by atoms with Crippen molar-refractivity contribution in [1.82, 2.24) is 0 Å². The topological polar surface area (TPSA) is 0 Å². The number of hydrogen-bond acceptors (Lipinski definition) is 0. The average Bonchev–Trinajstić information content (AvgIpc) is 2.73. The largest absolute Gasteiger partial charge is 0.0888 e. The van der Waals surface area contributed by atoms with E-state index in [4.69, 9.17) is 0 Å². The molecule has 0 aromatic heterocycles. The zero-order valence-corrected chi connectivity index (χ0v) is 11.5. The van der Waals surface area contributed by atoms with Gasteiger partial charge in [-0.05, 0) is 37.0 Å². The Bertz CT molecular complexity index is 192. The van der Waals surface area contributed by atoms with Gasteiger partial charge in [-0.15, -0.1) is 0 Å². The monoisotopic (exact) mass is 222 g/mol. The molecule has 1 rings (SSSR count). The zero-order chi connectivity index (χ0) is 11.8. The summed E-state index contributed by atoms with van der Waals surface area (Å²) in [6.07, 6.45) is 16.0. The van der Waals surface area contributed by atoms with Crippen LogP contribution in [0.25, 0.3) is 0 Å². The summed E-state index contributed by atoms with van der Waals surface area (Å²) < 4.78 is 0. The molecule has 0 aliphatic heterocycles. The fraction of sp³-hybridized carbons (Fsp3) is 0.875. The zero-order valence-electron chi connectivity index (χ0n) is 11.5. The lowest BCUT2D eigenvalue weighted by atomic mass is 9.78. The fourth-order valence-corrected chi connectivity index (χ4v) is 3.50. The lowest BCUT2D eigenvalue weighted by Gasteiger charge is -2.27. The van der Waals surface area contributed by atoms with Crippen LogP contribution in [0.5, 0.6) is 0 Å². The maximum Gasteiger partial charge on any atom is -0.0320 e. The third-order valence-electron chi connectivity index (χ3n) is 4.35. The van der Waals surface area contributed by atoms with Crippen LogP contribution in [0.2, 0.25) is 0 Å². The van der Waals surface area contributed by atoms with E-state index in [1.54, 1.807) is 0 Å². The van der Waals surface area contributed by atoms with Gasteiger partial charge in [-0.3, -0.25) is 0 Å². The van der Waals surface area contributed by atoms with Crippen molar-refractivity contribution in [2.45, 2.75) is 72.1 Å². The SMILES string of the molecule is CC/C=C\CC(CC)C1CCCC1CCC. The molecule has 0 heteroatoms. The molecule has 0 spiro atoms. The highest BCUT2D eigenvalue weighted by Gasteiger charge is 2.31. The molecule has 0 bridgehead atoms. The van der Waals surface area contributed by atoms with Crippen LogP contribution >= 0.6 is 0 Å². The van der Waals surface area contributed by atoms with E-state index < -0.39 is 0 Å². The molecule has 94 valence electrons. The van der Waals surface area contributed by atoms with E-state index in [1.807, 2.05) is 0 Å². The summed E-state index contributed by atoms with van der Waals surface area (Å²) in [5.74, 6) is 3.04. The molecule has 0 heterocycles. The van der Waals surface area contributed by atoms with Crippen LogP contribution in [-0.2, 0) is 0 Å². The molecule has 1 aliphatic rings. The van der Waals surface area contributed by atoms with Crippen molar-refractivity contribution in [3.63, 3.8) is 0 Å². The van der Waals surface area contributed by atoms with Crippen LogP contribution in [0.3, 0.4) is 0 Å². The van der Waals surface area contributed by atoms with Crippen LogP contribution in [-0.4, -0.2) is 0 Å². The van der Waals surface area contributed by atoms with Crippen molar-refractivity contribution in [3.8, 4) is 0 Å². The maximum absolute atomic E-state index is 2.43. The van der Waals surface area contributed by atoms with E-state index in [9.17, 15) is 0 Å². The standard InChI is InChI=1S/C16H30/c1-4-7-8-11-14(6-3)16-13-9-12-15(16)10-5-2/h7-8,14-16H,4-6,9-13H2,1-3H3/b8-7-. The molecular weight excluding hydrogens is 192 g/mol. The first-order chi connectivity index (χ1) is 7.83. The van der Waals surface area contributed by atoms with E-state index in [0.29, 0.717) is 0 Å². The highest BCUT2D eigenvalue weighted by molar-refractivity contribution is 4.89. The van der Waals surface area contributed by atoms with Gasteiger partial charge in [-0.2, -0.15) is 0 Å². The van der Waals surface area contributed by atoms with Gasteiger partial charge >= 0.3 is 0 Å². The van der Waals surface area contributed by atoms with Gasteiger partial charge in [0, 0.05) is 0 Å². The molecule has 3 atom stereocenters. The van der Waals surface area contributed by atoms with Gasteiger partial charge in [0.1, 0.15) is 0 Å². The Labute approximate surface area is 103 Å². The molecule has 1 aliphatic carbocycles. The molecule has 1 saturated carbocycles. The summed E-state index contributed by atoms with van der Waals surface area (Å²) in [5.41, 5.74) is 0. The minimum absolute atomic E-state index is 0.960. The summed E-state index contributed by atoms with van der Waals surface area (Å²) >= 11 is 0. The minimum atomic E-state index is 0.960. The second kappa shape index (κ2) is 7.92. The predicted molar refractivity (Wildman–Crippen MR) is 73.6 cm³/mol. The van der Waals surface area contributed by atoms with Gasteiger partial charge in [0.15, 0.2) is 0 Å². The van der Waals surface area contributed by atoms with Crippen molar-refractivity contribution >= 4 is 0 Å². The molecule has 0 nitrogen and oxygen atoms in total. The molecule has 0 radical (unpaired) electrons. The smallest absolute Gasteiger partial charge is 0.0320 e. The number of rotatable bonds is 7. The van der Waals surface area contributed by atoms with Crippen LogP contribution < -0.4 is 0 Å². The molecule has 0 N–H and O–H groups in total. The van der Waals surface area contributed by atoms with Gasteiger partial charge < -0.3 is 0 Å². The van der Waals surface area contributed by atoms with Crippen molar-refractivity contribution in [3.05, 3.63) is 12.2 Å². The first kappa shape index (κ1) is 13.8. The molecule has 0 amide bonds. The van der Waals surface area contributed by atoms with Gasteiger partial charge in [-0.1, -0.05) is 65.0 Å². The van der Waals surface area contributed by atoms with E-state index in [1.165, 1.54) is 51.4 Å². The Hall–Kier alpha value is -0.260. The van der Waals surface area contributed by atoms with Gasteiger partial charge in [0.05, 0.1) is 0 Å². The van der Waals surface area contributed by atoms with Crippen molar-refractivity contribution in [2.75, 3.05) is 0 Å². The maximum atomic E-state index is 2.43. The average molecular weight is 222 g/mol. The third-order valence-corrected chi connectivity index (χ3v) is 4.35. The quantitative estimate of drug-likeness (QED) is 0.493. The molecular formula is C16H30. The number of hydrogen-bond donors (Lipinski definition) is 0. The number of allylic oxidation sites excluding steroid dienone is 2. The fourth-order valence-electron chi connectivity index (χ4n) is 3.50. The van der Waals surface area contributed by atoms with Crippen molar-refractivity contribution < 1.29 is 0 Å². The second-order valence-corrected chi connectivity index (χ2v) is 5.43. The van der Waals surface area contributed by atoms with E-state index in [0.717, 1.165) is 17.8 Å². The van der Waals surface area contributed by atoms with Gasteiger partial charge in [0.25, 0.3) is 0 Å². The summed E-state index contributed by atoms with van der Waals surface area (Å²) in [4.78, 5) is 0. The molecule has 0 saturated heterocycles. The summed E-state index contributed by atoms with van der Waals surface area (Å²) in [6, 6.07) is 0. The summed E-state index contributed by atoms with van der Waals surface area (Å²) in [5, 5.41) is 0. The Morgan fingerprint density at radius 1 is 1.12 bits per heavy atom. The normalized spacial score (nSPS) is 27.7. The molecule has 0 aromatic carbocycles. The Balaban J connectivity index is 2.46. The summed E-state index contributed by atoms with van der Waals surface area (Å²) in [7, 11) is 0. The minimum Gasteiger partial charge on any atom is -0.0888 e. The lowest BCUT2D eigenvalue weighted by Crippen LogP contribution is -2.18. The molecule has 16 heavy (non-hydrogen) atoms. The van der Waals surface area contributed by atoms with E-state index >= 15 is 0 Å². The van der Waals surface area contributed by atoms with Crippen molar-refractivity contribution in [2.24, 2.45) is 17.8 Å².